The van der Waals surface area contributed by atoms with E-state index in [0.717, 1.165) is 4.47 Å². The number of carbonyl (C=O) groups is 1. The zero-order valence-electron chi connectivity index (χ0n) is 10.4. The van der Waals surface area contributed by atoms with Crippen molar-refractivity contribution in [3.63, 3.8) is 0 Å². The molecule has 0 unspecified atom stereocenters. The molecule has 20 heavy (non-hydrogen) atoms. The molecule has 104 valence electrons. The third-order valence-electron chi connectivity index (χ3n) is 2.61. The van der Waals surface area contributed by atoms with Gasteiger partial charge in [0.25, 0.3) is 5.91 Å². The van der Waals surface area contributed by atoms with Gasteiger partial charge in [0.2, 0.25) is 0 Å². The third kappa shape index (κ3) is 3.19. The van der Waals surface area contributed by atoms with Crippen LogP contribution in [-0.2, 0) is 0 Å². The second kappa shape index (κ2) is 6.37. The Bertz CT molecular complexity index is 662. The summed E-state index contributed by atoms with van der Waals surface area (Å²) in [6, 6.07) is 9.53. The lowest BCUT2D eigenvalue weighted by molar-refractivity contribution is 0.102. The van der Waals surface area contributed by atoms with Crippen LogP contribution in [-0.4, -0.2) is 13.0 Å². The van der Waals surface area contributed by atoms with Gasteiger partial charge in [-0.1, -0.05) is 22.0 Å². The van der Waals surface area contributed by atoms with E-state index in [1.807, 2.05) is 0 Å². The van der Waals surface area contributed by atoms with Gasteiger partial charge in [-0.15, -0.1) is 0 Å². The molecule has 0 fully saturated rings. The first-order chi connectivity index (χ1) is 9.52. The molecule has 6 heteroatoms. The minimum Gasteiger partial charge on any atom is -0.495 e. The molecule has 0 aliphatic heterocycles. The third-order valence-corrected chi connectivity index (χ3v) is 3.91. The molecule has 0 aromatic heterocycles. The Morgan fingerprint density at radius 1 is 1.25 bits per heavy atom. The van der Waals surface area contributed by atoms with Crippen LogP contribution in [0.3, 0.4) is 0 Å². The summed E-state index contributed by atoms with van der Waals surface area (Å²) in [4.78, 5) is 12.2. The average Bonchev–Trinajstić information content (AvgIpc) is 2.42. The van der Waals surface area contributed by atoms with E-state index in [0.29, 0.717) is 11.4 Å². The van der Waals surface area contributed by atoms with Crippen molar-refractivity contribution in [2.45, 2.75) is 0 Å². The van der Waals surface area contributed by atoms with Gasteiger partial charge in [-0.05, 0) is 46.3 Å². The van der Waals surface area contributed by atoms with Gasteiger partial charge in [-0.25, -0.2) is 4.39 Å². The van der Waals surface area contributed by atoms with Crippen LogP contribution in [0.5, 0.6) is 5.75 Å². The van der Waals surface area contributed by atoms with Crippen molar-refractivity contribution >= 4 is 43.5 Å². The standard InChI is InChI=1S/C14H10Br2FNO2/c1-20-12-6-5-8(15)7-11(12)18-14(19)9-3-2-4-10(17)13(9)16/h2-7H,1H3,(H,18,19). The predicted molar refractivity (Wildman–Crippen MR) is 82.7 cm³/mol. The normalized spacial score (nSPS) is 10.2. The minimum absolute atomic E-state index is 0.131. The molecule has 0 saturated heterocycles. The molecule has 1 amide bonds. The Morgan fingerprint density at radius 2 is 2.00 bits per heavy atom. The van der Waals surface area contributed by atoms with Crippen molar-refractivity contribution in [1.82, 2.24) is 0 Å². The summed E-state index contributed by atoms with van der Waals surface area (Å²) in [6.45, 7) is 0. The Balaban J connectivity index is 2.32. The van der Waals surface area contributed by atoms with E-state index in [1.165, 1.54) is 25.3 Å². The Labute approximate surface area is 132 Å². The Morgan fingerprint density at radius 3 is 2.70 bits per heavy atom. The van der Waals surface area contributed by atoms with Gasteiger partial charge in [0, 0.05) is 4.47 Å². The largest absolute Gasteiger partial charge is 0.495 e. The topological polar surface area (TPSA) is 38.3 Å². The molecule has 0 aliphatic carbocycles. The molecule has 2 aromatic rings. The summed E-state index contributed by atoms with van der Waals surface area (Å²) in [5, 5.41) is 2.70. The molecule has 0 atom stereocenters. The number of methoxy groups -OCH3 is 1. The summed E-state index contributed by atoms with van der Waals surface area (Å²) < 4.78 is 19.5. The number of nitrogens with one attached hydrogen (secondary N) is 1. The number of ether oxygens (including phenoxy) is 1. The van der Waals surface area contributed by atoms with Crippen LogP contribution in [0.2, 0.25) is 0 Å². The number of benzene rings is 2. The first-order valence-electron chi connectivity index (χ1n) is 5.62. The summed E-state index contributed by atoms with van der Waals surface area (Å²) in [5.74, 6) is -0.388. The molecule has 2 rings (SSSR count). The van der Waals surface area contributed by atoms with Gasteiger partial charge in [-0.2, -0.15) is 0 Å². The van der Waals surface area contributed by atoms with Crippen LogP contribution in [0.1, 0.15) is 10.4 Å². The molecular weight excluding hydrogens is 393 g/mol. The monoisotopic (exact) mass is 401 g/mol. The Hall–Kier alpha value is -1.40. The number of amides is 1. The summed E-state index contributed by atoms with van der Waals surface area (Å²) >= 11 is 6.39. The lowest BCUT2D eigenvalue weighted by atomic mass is 10.2. The maximum absolute atomic E-state index is 13.4. The number of carbonyl (C=O) groups excluding carboxylic acids is 1. The number of anilines is 1. The van der Waals surface area contributed by atoms with E-state index in [9.17, 15) is 9.18 Å². The van der Waals surface area contributed by atoms with Gasteiger partial charge >= 0.3 is 0 Å². The highest BCUT2D eigenvalue weighted by molar-refractivity contribution is 9.10. The van der Waals surface area contributed by atoms with Crippen LogP contribution < -0.4 is 10.1 Å². The fourth-order valence-corrected chi connectivity index (χ4v) is 2.45. The summed E-state index contributed by atoms with van der Waals surface area (Å²) in [7, 11) is 1.51. The zero-order valence-corrected chi connectivity index (χ0v) is 13.6. The smallest absolute Gasteiger partial charge is 0.257 e. The van der Waals surface area contributed by atoms with E-state index in [4.69, 9.17) is 4.74 Å². The van der Waals surface area contributed by atoms with E-state index >= 15 is 0 Å². The number of rotatable bonds is 3. The molecule has 1 N–H and O–H groups in total. The molecule has 0 heterocycles. The second-order valence-corrected chi connectivity index (χ2v) is 5.61. The lowest BCUT2D eigenvalue weighted by Crippen LogP contribution is -2.13. The van der Waals surface area contributed by atoms with Crippen molar-refractivity contribution in [2.75, 3.05) is 12.4 Å². The number of hydrogen-bond acceptors (Lipinski definition) is 2. The number of hydrogen-bond donors (Lipinski definition) is 1. The molecule has 0 bridgehead atoms. The fourth-order valence-electron chi connectivity index (χ4n) is 1.65. The van der Waals surface area contributed by atoms with Gasteiger partial charge in [0.05, 0.1) is 22.8 Å². The van der Waals surface area contributed by atoms with Crippen LogP contribution in [0, 0.1) is 5.82 Å². The van der Waals surface area contributed by atoms with Crippen LogP contribution in [0.25, 0.3) is 0 Å². The maximum Gasteiger partial charge on any atom is 0.257 e. The number of halogens is 3. The summed E-state index contributed by atoms with van der Waals surface area (Å²) in [5.41, 5.74) is 0.718. The highest BCUT2D eigenvalue weighted by Crippen LogP contribution is 2.29. The second-order valence-electron chi connectivity index (χ2n) is 3.90. The van der Waals surface area contributed by atoms with E-state index in [-0.39, 0.29) is 10.0 Å². The molecular formula is C14H10Br2FNO2. The zero-order chi connectivity index (χ0) is 14.7. The van der Waals surface area contributed by atoms with Gasteiger partial charge in [-0.3, -0.25) is 4.79 Å². The first kappa shape index (κ1) is 15.0. The van der Waals surface area contributed by atoms with Crippen molar-refractivity contribution in [3.8, 4) is 5.75 Å². The quantitative estimate of drug-likeness (QED) is 0.813. The van der Waals surface area contributed by atoms with Crippen LogP contribution in [0.15, 0.2) is 45.3 Å². The first-order valence-corrected chi connectivity index (χ1v) is 7.20. The minimum atomic E-state index is -0.487. The van der Waals surface area contributed by atoms with E-state index < -0.39 is 11.7 Å². The van der Waals surface area contributed by atoms with Crippen molar-refractivity contribution in [1.29, 1.82) is 0 Å². The maximum atomic E-state index is 13.4. The lowest BCUT2D eigenvalue weighted by Gasteiger charge is -2.11. The molecule has 0 aliphatic rings. The average molecular weight is 403 g/mol. The molecule has 2 aromatic carbocycles. The van der Waals surface area contributed by atoms with Crippen LogP contribution in [0.4, 0.5) is 10.1 Å². The highest BCUT2D eigenvalue weighted by Gasteiger charge is 2.15. The van der Waals surface area contributed by atoms with Crippen molar-refractivity contribution in [3.05, 3.63) is 56.7 Å². The van der Waals surface area contributed by atoms with Gasteiger partial charge in [0.15, 0.2) is 0 Å². The highest BCUT2D eigenvalue weighted by atomic mass is 79.9. The molecule has 0 spiro atoms. The fraction of sp³-hybridized carbons (Fsp3) is 0.0714. The van der Waals surface area contributed by atoms with Crippen LogP contribution >= 0.6 is 31.9 Å². The Kier molecular flexibility index (Phi) is 4.77. The van der Waals surface area contributed by atoms with Gasteiger partial charge < -0.3 is 10.1 Å². The SMILES string of the molecule is COc1ccc(Br)cc1NC(=O)c1cccc(F)c1Br. The van der Waals surface area contributed by atoms with E-state index in [1.54, 1.807) is 18.2 Å². The van der Waals surface area contributed by atoms with E-state index in [2.05, 4.69) is 37.2 Å². The predicted octanol–water partition coefficient (Wildman–Crippen LogP) is 4.61. The molecule has 3 nitrogen and oxygen atoms in total. The molecule has 0 radical (unpaired) electrons. The summed E-state index contributed by atoms with van der Waals surface area (Å²) in [6.07, 6.45) is 0. The van der Waals surface area contributed by atoms with Gasteiger partial charge in [0.1, 0.15) is 11.6 Å². The van der Waals surface area contributed by atoms with Crippen molar-refractivity contribution < 1.29 is 13.9 Å². The van der Waals surface area contributed by atoms with Crippen molar-refractivity contribution in [2.24, 2.45) is 0 Å². The molecule has 0 saturated carbocycles.